The van der Waals surface area contributed by atoms with Crippen LogP contribution in [-0.2, 0) is 9.59 Å². The van der Waals surface area contributed by atoms with E-state index >= 15 is 0 Å². The molecule has 0 saturated carbocycles. The Labute approximate surface area is 104 Å². The van der Waals surface area contributed by atoms with Gasteiger partial charge in [0.25, 0.3) is 0 Å². The molecule has 1 aliphatic heterocycles. The highest BCUT2D eigenvalue weighted by Crippen LogP contribution is 2.16. The molecule has 1 saturated heterocycles. The summed E-state index contributed by atoms with van der Waals surface area (Å²) in [6.45, 7) is 8.76. The molecule has 2 unspecified atom stereocenters. The molecule has 0 aromatic rings. The molecular weight excluding hydrogens is 216 g/mol. The SMILES string of the molecule is CCCCN1C(=O)C(C(C)C)NC(=O)CC1C. The van der Waals surface area contributed by atoms with Crippen LogP contribution in [0.4, 0.5) is 0 Å². The van der Waals surface area contributed by atoms with E-state index in [1.165, 1.54) is 0 Å². The maximum Gasteiger partial charge on any atom is 0.245 e. The van der Waals surface area contributed by atoms with Gasteiger partial charge in [0.05, 0.1) is 0 Å². The van der Waals surface area contributed by atoms with Crippen molar-refractivity contribution in [2.75, 3.05) is 6.54 Å². The molecule has 98 valence electrons. The summed E-state index contributed by atoms with van der Waals surface area (Å²) in [6, 6.07) is -0.345. The number of hydrogen-bond acceptors (Lipinski definition) is 2. The van der Waals surface area contributed by atoms with Gasteiger partial charge in [-0.2, -0.15) is 0 Å². The molecular formula is C13H24N2O2. The van der Waals surface area contributed by atoms with Crippen molar-refractivity contribution in [3.63, 3.8) is 0 Å². The third-order valence-electron chi connectivity index (χ3n) is 3.30. The van der Waals surface area contributed by atoms with Gasteiger partial charge in [0.15, 0.2) is 0 Å². The second-order valence-corrected chi connectivity index (χ2v) is 5.23. The minimum Gasteiger partial charge on any atom is -0.344 e. The number of amides is 2. The van der Waals surface area contributed by atoms with Crippen molar-refractivity contribution in [1.82, 2.24) is 10.2 Å². The van der Waals surface area contributed by atoms with E-state index < -0.39 is 0 Å². The largest absolute Gasteiger partial charge is 0.344 e. The van der Waals surface area contributed by atoms with E-state index in [9.17, 15) is 9.59 Å². The van der Waals surface area contributed by atoms with Crippen molar-refractivity contribution in [3.8, 4) is 0 Å². The number of unbranched alkanes of at least 4 members (excludes halogenated alkanes) is 1. The molecule has 0 radical (unpaired) electrons. The second-order valence-electron chi connectivity index (χ2n) is 5.23. The summed E-state index contributed by atoms with van der Waals surface area (Å²) in [7, 11) is 0. The van der Waals surface area contributed by atoms with Gasteiger partial charge in [0.1, 0.15) is 6.04 Å². The zero-order chi connectivity index (χ0) is 13.0. The molecule has 17 heavy (non-hydrogen) atoms. The van der Waals surface area contributed by atoms with Crippen LogP contribution >= 0.6 is 0 Å². The smallest absolute Gasteiger partial charge is 0.245 e. The van der Waals surface area contributed by atoms with Crippen molar-refractivity contribution < 1.29 is 9.59 Å². The third-order valence-corrected chi connectivity index (χ3v) is 3.30. The fourth-order valence-electron chi connectivity index (χ4n) is 2.18. The lowest BCUT2D eigenvalue weighted by Gasteiger charge is -2.29. The van der Waals surface area contributed by atoms with Gasteiger partial charge in [0, 0.05) is 19.0 Å². The van der Waals surface area contributed by atoms with Crippen molar-refractivity contribution in [2.45, 2.75) is 59.0 Å². The molecule has 0 bridgehead atoms. The van der Waals surface area contributed by atoms with Crippen LogP contribution in [0, 0.1) is 5.92 Å². The summed E-state index contributed by atoms with van der Waals surface area (Å²) in [4.78, 5) is 25.9. The van der Waals surface area contributed by atoms with Crippen molar-refractivity contribution in [3.05, 3.63) is 0 Å². The van der Waals surface area contributed by atoms with Crippen molar-refractivity contribution >= 4 is 11.8 Å². The topological polar surface area (TPSA) is 49.4 Å². The maximum absolute atomic E-state index is 12.4. The Morgan fingerprint density at radius 2 is 2.06 bits per heavy atom. The highest BCUT2D eigenvalue weighted by Gasteiger charge is 2.34. The Balaban J connectivity index is 2.84. The normalized spacial score (nSPS) is 26.1. The van der Waals surface area contributed by atoms with E-state index in [-0.39, 0.29) is 29.8 Å². The fraction of sp³-hybridized carbons (Fsp3) is 0.846. The van der Waals surface area contributed by atoms with Gasteiger partial charge in [-0.3, -0.25) is 9.59 Å². The molecule has 0 spiro atoms. The molecule has 4 heteroatoms. The van der Waals surface area contributed by atoms with Gasteiger partial charge in [0.2, 0.25) is 11.8 Å². The molecule has 0 aliphatic carbocycles. The van der Waals surface area contributed by atoms with Gasteiger partial charge in [-0.1, -0.05) is 27.2 Å². The van der Waals surface area contributed by atoms with Crippen LogP contribution in [0.3, 0.4) is 0 Å². The zero-order valence-corrected chi connectivity index (χ0v) is 11.3. The lowest BCUT2D eigenvalue weighted by molar-refractivity contribution is -0.136. The maximum atomic E-state index is 12.4. The quantitative estimate of drug-likeness (QED) is 0.810. The highest BCUT2D eigenvalue weighted by atomic mass is 16.2. The summed E-state index contributed by atoms with van der Waals surface area (Å²) >= 11 is 0. The van der Waals surface area contributed by atoms with Gasteiger partial charge in [-0.15, -0.1) is 0 Å². The minimum absolute atomic E-state index is 0.0106. The van der Waals surface area contributed by atoms with Gasteiger partial charge >= 0.3 is 0 Å². The Kier molecular flexibility index (Phi) is 4.97. The monoisotopic (exact) mass is 240 g/mol. The van der Waals surface area contributed by atoms with E-state index in [1.807, 2.05) is 25.7 Å². The minimum atomic E-state index is -0.357. The van der Waals surface area contributed by atoms with Crippen molar-refractivity contribution in [1.29, 1.82) is 0 Å². The van der Waals surface area contributed by atoms with E-state index in [0.29, 0.717) is 6.42 Å². The molecule has 4 nitrogen and oxygen atoms in total. The first kappa shape index (κ1) is 14.0. The Morgan fingerprint density at radius 1 is 1.41 bits per heavy atom. The third kappa shape index (κ3) is 3.45. The predicted molar refractivity (Wildman–Crippen MR) is 67.5 cm³/mol. The van der Waals surface area contributed by atoms with Crippen LogP contribution < -0.4 is 5.32 Å². The van der Waals surface area contributed by atoms with E-state index in [1.54, 1.807) is 0 Å². The Hall–Kier alpha value is -1.06. The van der Waals surface area contributed by atoms with Crippen LogP contribution in [0.2, 0.25) is 0 Å². The summed E-state index contributed by atoms with van der Waals surface area (Å²) in [5.41, 5.74) is 0. The standard InChI is InChI=1S/C13H24N2O2/c1-5-6-7-15-10(4)8-11(16)14-12(9(2)3)13(15)17/h9-10,12H,5-8H2,1-4H3,(H,14,16). The number of carbonyl (C=O) groups excluding carboxylic acids is 2. The van der Waals surface area contributed by atoms with Crippen LogP contribution in [0.15, 0.2) is 0 Å². The molecule has 0 aromatic carbocycles. The predicted octanol–water partition coefficient (Wildman–Crippen LogP) is 1.55. The van der Waals surface area contributed by atoms with E-state index in [0.717, 1.165) is 19.4 Å². The molecule has 1 fully saturated rings. The summed E-state index contributed by atoms with van der Waals surface area (Å²) < 4.78 is 0. The van der Waals surface area contributed by atoms with Crippen LogP contribution in [0.1, 0.15) is 47.0 Å². The summed E-state index contributed by atoms with van der Waals surface area (Å²) in [6.07, 6.45) is 2.47. The van der Waals surface area contributed by atoms with Crippen LogP contribution in [-0.4, -0.2) is 35.3 Å². The summed E-state index contributed by atoms with van der Waals surface area (Å²) in [5.74, 6) is 0.205. The second kappa shape index (κ2) is 6.03. The molecule has 2 amide bonds. The number of hydrogen-bond donors (Lipinski definition) is 1. The number of nitrogens with one attached hydrogen (secondary N) is 1. The number of carbonyl (C=O) groups is 2. The average molecular weight is 240 g/mol. The number of rotatable bonds is 4. The highest BCUT2D eigenvalue weighted by molar-refractivity contribution is 5.90. The lowest BCUT2D eigenvalue weighted by Crippen LogP contribution is -2.49. The van der Waals surface area contributed by atoms with Crippen LogP contribution in [0.5, 0.6) is 0 Å². The Morgan fingerprint density at radius 3 is 2.59 bits per heavy atom. The molecule has 1 heterocycles. The van der Waals surface area contributed by atoms with E-state index in [4.69, 9.17) is 0 Å². The van der Waals surface area contributed by atoms with Gasteiger partial charge < -0.3 is 10.2 Å². The fourth-order valence-corrected chi connectivity index (χ4v) is 2.18. The van der Waals surface area contributed by atoms with E-state index in [2.05, 4.69) is 12.2 Å². The lowest BCUT2D eigenvalue weighted by atomic mass is 10.0. The number of nitrogens with zero attached hydrogens (tertiary/aromatic N) is 1. The molecule has 0 aromatic heterocycles. The first-order valence-electron chi connectivity index (χ1n) is 6.57. The first-order chi connectivity index (χ1) is 7.97. The molecule has 1 N–H and O–H groups in total. The van der Waals surface area contributed by atoms with Gasteiger partial charge in [-0.05, 0) is 19.3 Å². The van der Waals surface area contributed by atoms with Crippen molar-refractivity contribution in [2.24, 2.45) is 5.92 Å². The first-order valence-corrected chi connectivity index (χ1v) is 6.57. The zero-order valence-electron chi connectivity index (χ0n) is 11.3. The molecule has 1 rings (SSSR count). The molecule has 1 aliphatic rings. The average Bonchev–Trinajstić information content (AvgIpc) is 2.34. The summed E-state index contributed by atoms with van der Waals surface area (Å²) in [5, 5.41) is 2.83. The molecule has 2 atom stereocenters. The van der Waals surface area contributed by atoms with Gasteiger partial charge in [-0.25, -0.2) is 0 Å². The van der Waals surface area contributed by atoms with Crippen LogP contribution in [0.25, 0.3) is 0 Å². The Bertz CT molecular complexity index is 289.